The van der Waals surface area contributed by atoms with Crippen molar-refractivity contribution in [3.8, 4) is 0 Å². The largest absolute Gasteiger partial charge is 0.388 e. The molecule has 3 N–H and O–H groups in total. The van der Waals surface area contributed by atoms with Gasteiger partial charge in [-0.05, 0) is 38.5 Å². The van der Waals surface area contributed by atoms with Gasteiger partial charge in [0.1, 0.15) is 0 Å². The van der Waals surface area contributed by atoms with Gasteiger partial charge in [0, 0.05) is 38.6 Å². The zero-order chi connectivity index (χ0) is 15.1. The second kappa shape index (κ2) is 9.93. The summed E-state index contributed by atoms with van der Waals surface area (Å²) in [7, 11) is 0. The summed E-state index contributed by atoms with van der Waals surface area (Å²) in [5.41, 5.74) is -0.693. The molecule has 2 rings (SSSR count). The summed E-state index contributed by atoms with van der Waals surface area (Å²) >= 11 is 0. The predicted octanol–water partition coefficient (Wildman–Crippen LogP) is 2.28. The molecule has 1 aliphatic carbocycles. The molecule has 22 heavy (non-hydrogen) atoms. The summed E-state index contributed by atoms with van der Waals surface area (Å²) in [4.78, 5) is 4.61. The predicted molar refractivity (Wildman–Crippen MR) is 101 cm³/mol. The summed E-state index contributed by atoms with van der Waals surface area (Å²) in [6.45, 7) is 6.97. The molecule has 2 aliphatic rings. The second-order valence-electron chi connectivity index (χ2n) is 6.63. The number of aliphatic hydroxyl groups is 1. The van der Waals surface area contributed by atoms with E-state index in [1.165, 1.54) is 25.7 Å². The van der Waals surface area contributed by atoms with Gasteiger partial charge >= 0.3 is 0 Å². The zero-order valence-electron chi connectivity index (χ0n) is 13.9. The molecule has 0 bridgehead atoms. The highest BCUT2D eigenvalue weighted by atomic mass is 127. The third kappa shape index (κ3) is 6.58. The molecule has 0 unspecified atom stereocenters. The Morgan fingerprint density at radius 2 is 1.86 bits per heavy atom. The lowest BCUT2D eigenvalue weighted by Gasteiger charge is -2.31. The van der Waals surface area contributed by atoms with Crippen molar-refractivity contribution in [1.29, 1.82) is 0 Å². The quantitative estimate of drug-likeness (QED) is 0.368. The topological polar surface area (TPSA) is 65.9 Å². The first-order valence-electron chi connectivity index (χ1n) is 8.46. The van der Waals surface area contributed by atoms with E-state index in [-0.39, 0.29) is 24.0 Å². The van der Waals surface area contributed by atoms with Crippen LogP contribution >= 0.6 is 24.0 Å². The third-order valence-electron chi connectivity index (χ3n) is 4.66. The molecule has 0 atom stereocenters. The fraction of sp³-hybridized carbons (Fsp3) is 0.938. The van der Waals surface area contributed by atoms with E-state index in [2.05, 4.69) is 29.5 Å². The molecule has 0 spiro atoms. The summed E-state index contributed by atoms with van der Waals surface area (Å²) < 4.78 is 5.31. The van der Waals surface area contributed by atoms with Gasteiger partial charge in [-0.1, -0.05) is 6.92 Å². The van der Waals surface area contributed by atoms with Gasteiger partial charge < -0.3 is 20.5 Å². The van der Waals surface area contributed by atoms with E-state index in [9.17, 15) is 5.11 Å². The molecule has 5 nitrogen and oxygen atoms in total. The van der Waals surface area contributed by atoms with Crippen LogP contribution in [0, 0.1) is 5.92 Å². The van der Waals surface area contributed by atoms with Crippen molar-refractivity contribution in [3.63, 3.8) is 0 Å². The van der Waals surface area contributed by atoms with E-state index in [0.717, 1.165) is 18.4 Å². The minimum absolute atomic E-state index is 0. The maximum absolute atomic E-state index is 10.5. The molecule has 1 saturated carbocycles. The van der Waals surface area contributed by atoms with Gasteiger partial charge in [-0.15, -0.1) is 24.0 Å². The van der Waals surface area contributed by atoms with E-state index in [4.69, 9.17) is 4.74 Å². The maximum atomic E-state index is 10.5. The van der Waals surface area contributed by atoms with Crippen LogP contribution in [0.3, 0.4) is 0 Å². The van der Waals surface area contributed by atoms with Crippen LogP contribution in [0.1, 0.15) is 52.4 Å². The molecule has 0 radical (unpaired) electrons. The monoisotopic (exact) mass is 425 g/mol. The fourth-order valence-electron chi connectivity index (χ4n) is 3.05. The minimum atomic E-state index is -0.693. The van der Waals surface area contributed by atoms with Crippen LogP contribution in [-0.4, -0.2) is 49.0 Å². The molecule has 0 aromatic rings. The highest BCUT2D eigenvalue weighted by Gasteiger charge is 2.29. The Labute approximate surface area is 151 Å². The van der Waals surface area contributed by atoms with Crippen LogP contribution in [0.25, 0.3) is 0 Å². The van der Waals surface area contributed by atoms with Crippen molar-refractivity contribution >= 4 is 29.9 Å². The lowest BCUT2D eigenvalue weighted by atomic mass is 9.87. The van der Waals surface area contributed by atoms with Gasteiger partial charge in [0.15, 0.2) is 5.96 Å². The maximum Gasteiger partial charge on any atom is 0.191 e. The first kappa shape index (κ1) is 20.0. The third-order valence-corrected chi connectivity index (χ3v) is 4.66. The molecule has 130 valence electrons. The van der Waals surface area contributed by atoms with Crippen LogP contribution in [0.4, 0.5) is 0 Å². The van der Waals surface area contributed by atoms with Gasteiger partial charge in [0.25, 0.3) is 0 Å². The number of hydrogen-bond donors (Lipinski definition) is 3. The summed E-state index contributed by atoms with van der Waals surface area (Å²) in [6.07, 6.45) is 6.36. The zero-order valence-corrected chi connectivity index (χ0v) is 16.3. The van der Waals surface area contributed by atoms with Crippen molar-refractivity contribution < 1.29 is 9.84 Å². The van der Waals surface area contributed by atoms with Crippen LogP contribution in [0.2, 0.25) is 0 Å². The Morgan fingerprint density at radius 3 is 2.45 bits per heavy atom. The summed E-state index contributed by atoms with van der Waals surface area (Å²) in [6, 6.07) is 0.517. The molecule has 1 saturated heterocycles. The summed E-state index contributed by atoms with van der Waals surface area (Å²) in [5, 5.41) is 17.3. The molecular formula is C16H32IN3O2. The van der Waals surface area contributed by atoms with E-state index >= 15 is 0 Å². The smallest absolute Gasteiger partial charge is 0.191 e. The van der Waals surface area contributed by atoms with E-state index in [0.29, 0.717) is 38.6 Å². The van der Waals surface area contributed by atoms with Gasteiger partial charge in [-0.3, -0.25) is 4.99 Å². The fourth-order valence-corrected chi connectivity index (χ4v) is 3.05. The molecular weight excluding hydrogens is 393 g/mol. The number of nitrogens with one attached hydrogen (secondary N) is 2. The minimum Gasteiger partial charge on any atom is -0.388 e. The first-order chi connectivity index (χ1) is 10.1. The molecule has 1 heterocycles. The lowest BCUT2D eigenvalue weighted by Crippen LogP contribution is -2.46. The molecule has 0 aromatic carbocycles. The number of nitrogens with zero attached hydrogens (tertiary/aromatic N) is 1. The van der Waals surface area contributed by atoms with E-state index < -0.39 is 5.60 Å². The Balaban J connectivity index is 0.00000242. The standard InChI is InChI=1S/C16H31N3O2.HI/c1-3-17-15(19-14-6-4-13(2)5-7-14)18-12-16(20)8-10-21-11-9-16;/h13-14,20H,3-12H2,1-2H3,(H2,17,18,19);1H. The first-order valence-corrected chi connectivity index (χ1v) is 8.46. The van der Waals surface area contributed by atoms with Gasteiger partial charge in [0.2, 0.25) is 0 Å². The molecule has 1 aliphatic heterocycles. The van der Waals surface area contributed by atoms with E-state index in [1.807, 2.05) is 0 Å². The van der Waals surface area contributed by atoms with Crippen LogP contribution in [-0.2, 0) is 4.74 Å². The van der Waals surface area contributed by atoms with Crippen molar-refractivity contribution in [2.45, 2.75) is 64.0 Å². The van der Waals surface area contributed by atoms with Gasteiger partial charge in [-0.2, -0.15) is 0 Å². The van der Waals surface area contributed by atoms with Gasteiger partial charge in [-0.25, -0.2) is 0 Å². The normalized spacial score (nSPS) is 28.6. The number of guanidine groups is 1. The average molecular weight is 425 g/mol. The lowest BCUT2D eigenvalue weighted by molar-refractivity contribution is -0.0566. The Hall–Kier alpha value is -0.0800. The van der Waals surface area contributed by atoms with Crippen LogP contribution in [0.5, 0.6) is 0 Å². The highest BCUT2D eigenvalue weighted by molar-refractivity contribution is 14.0. The average Bonchev–Trinajstić information content (AvgIpc) is 2.48. The van der Waals surface area contributed by atoms with Gasteiger partial charge in [0.05, 0.1) is 12.1 Å². The van der Waals surface area contributed by atoms with Crippen LogP contribution < -0.4 is 10.6 Å². The second-order valence-corrected chi connectivity index (χ2v) is 6.63. The molecule has 0 aromatic heterocycles. The SMILES string of the molecule is CCNC(=NCC1(O)CCOCC1)NC1CCC(C)CC1.I. The number of rotatable bonds is 4. The summed E-state index contributed by atoms with van der Waals surface area (Å²) in [5.74, 6) is 1.70. The Morgan fingerprint density at radius 1 is 1.23 bits per heavy atom. The molecule has 0 amide bonds. The Bertz CT molecular complexity index is 338. The van der Waals surface area contributed by atoms with Crippen molar-refractivity contribution in [3.05, 3.63) is 0 Å². The van der Waals surface area contributed by atoms with Crippen LogP contribution in [0.15, 0.2) is 4.99 Å². The van der Waals surface area contributed by atoms with Crippen molar-refractivity contribution in [1.82, 2.24) is 10.6 Å². The number of hydrogen-bond acceptors (Lipinski definition) is 3. The number of halogens is 1. The molecule has 2 fully saturated rings. The van der Waals surface area contributed by atoms with Crippen molar-refractivity contribution in [2.75, 3.05) is 26.3 Å². The molecule has 6 heteroatoms. The van der Waals surface area contributed by atoms with Crippen molar-refractivity contribution in [2.24, 2.45) is 10.9 Å². The number of aliphatic imine (C=N–C) groups is 1. The number of ether oxygens (including phenoxy) is 1. The van der Waals surface area contributed by atoms with E-state index in [1.54, 1.807) is 0 Å². The highest BCUT2D eigenvalue weighted by Crippen LogP contribution is 2.23. The Kier molecular flexibility index (Phi) is 9.01.